The van der Waals surface area contributed by atoms with E-state index in [-0.39, 0.29) is 5.97 Å². The fraction of sp³-hybridized carbons (Fsp3) is 0.650. The molecule has 27 heavy (non-hydrogen) atoms. The highest BCUT2D eigenvalue weighted by molar-refractivity contribution is 9.08. The fourth-order valence-electron chi connectivity index (χ4n) is 2.22. The summed E-state index contributed by atoms with van der Waals surface area (Å²) in [6.45, 7) is 8.11. The molecule has 7 heteroatoms. The van der Waals surface area contributed by atoms with Gasteiger partial charge in [0.25, 0.3) is 0 Å². The van der Waals surface area contributed by atoms with E-state index in [2.05, 4.69) is 37.9 Å². The van der Waals surface area contributed by atoms with Crippen molar-refractivity contribution < 1.29 is 23.7 Å². The van der Waals surface area contributed by atoms with Gasteiger partial charge in [0.15, 0.2) is 0 Å². The largest absolute Gasteiger partial charge is 0.491 e. The Morgan fingerprint density at radius 1 is 0.889 bits per heavy atom. The molecule has 0 aliphatic rings. The molecule has 0 aliphatic heterocycles. The van der Waals surface area contributed by atoms with Gasteiger partial charge >= 0.3 is 5.97 Å². The van der Waals surface area contributed by atoms with Crippen molar-refractivity contribution in [1.29, 1.82) is 0 Å². The predicted octanol–water partition coefficient (Wildman–Crippen LogP) is 5.01. The Kier molecular flexibility index (Phi) is 12.2. The van der Waals surface area contributed by atoms with Crippen molar-refractivity contribution in [3.8, 4) is 5.75 Å². The van der Waals surface area contributed by atoms with Gasteiger partial charge in [-0.05, 0) is 50.5 Å². The van der Waals surface area contributed by atoms with Crippen molar-refractivity contribution in [2.24, 2.45) is 0 Å². The summed E-state index contributed by atoms with van der Waals surface area (Å²) in [5, 5.41) is 1.60. The topological polar surface area (TPSA) is 54.0 Å². The molecule has 0 bridgehead atoms. The van der Waals surface area contributed by atoms with Gasteiger partial charge in [-0.1, -0.05) is 37.9 Å². The van der Waals surface area contributed by atoms with Gasteiger partial charge in [0.2, 0.25) is 0 Å². The van der Waals surface area contributed by atoms with E-state index in [0.717, 1.165) is 16.4 Å². The molecule has 0 spiro atoms. The third-order valence-electron chi connectivity index (χ3n) is 3.29. The fourth-order valence-corrected chi connectivity index (χ4v) is 2.87. The van der Waals surface area contributed by atoms with E-state index in [1.54, 1.807) is 0 Å². The van der Waals surface area contributed by atoms with E-state index < -0.39 is 5.60 Å². The zero-order valence-electron chi connectivity index (χ0n) is 16.4. The first kappa shape index (κ1) is 24.4. The lowest BCUT2D eigenvalue weighted by molar-refractivity contribution is -0.155. The van der Waals surface area contributed by atoms with Crippen LogP contribution >= 0.6 is 31.9 Å². The van der Waals surface area contributed by atoms with Crippen LogP contribution < -0.4 is 4.74 Å². The molecule has 154 valence electrons. The number of alkyl halides is 2. The summed E-state index contributed by atoms with van der Waals surface area (Å²) in [7, 11) is 0. The van der Waals surface area contributed by atoms with Crippen LogP contribution in [0.1, 0.15) is 44.7 Å². The molecule has 1 aromatic carbocycles. The molecular weight excluding hydrogens is 480 g/mol. The third kappa shape index (κ3) is 12.4. The van der Waals surface area contributed by atoms with Crippen molar-refractivity contribution in [3.63, 3.8) is 0 Å². The summed E-state index contributed by atoms with van der Waals surface area (Å²) < 4.78 is 21.9. The summed E-state index contributed by atoms with van der Waals surface area (Å²) in [6, 6.07) is 6.18. The maximum Gasteiger partial charge on any atom is 0.306 e. The predicted molar refractivity (Wildman–Crippen MR) is 114 cm³/mol. The van der Waals surface area contributed by atoms with Crippen LogP contribution in [0.25, 0.3) is 0 Å². The number of benzene rings is 1. The maximum absolute atomic E-state index is 11.5. The molecule has 0 atom stereocenters. The second-order valence-corrected chi connectivity index (χ2v) is 8.14. The van der Waals surface area contributed by atoms with Gasteiger partial charge in [0.1, 0.15) is 18.0 Å². The Labute approximate surface area is 179 Å². The molecule has 0 amide bonds. The standard InChI is InChI=1S/C20H30Br2O5/c1-20(2,3)27-19(23)5-4-6-24-7-8-25-9-10-26-18-12-16(14-21)11-17(13-18)15-22/h11-13H,4-10,14-15H2,1-3H3. The van der Waals surface area contributed by atoms with Crippen LogP contribution in [0.2, 0.25) is 0 Å². The summed E-state index contributed by atoms with van der Waals surface area (Å²) in [4.78, 5) is 11.5. The van der Waals surface area contributed by atoms with Gasteiger partial charge in [0, 0.05) is 23.7 Å². The Morgan fingerprint density at radius 3 is 2.00 bits per heavy atom. The van der Waals surface area contributed by atoms with E-state index in [1.165, 1.54) is 11.1 Å². The highest BCUT2D eigenvalue weighted by Gasteiger charge is 2.15. The van der Waals surface area contributed by atoms with Crippen LogP contribution in [-0.4, -0.2) is 44.6 Å². The van der Waals surface area contributed by atoms with Gasteiger partial charge in [-0.3, -0.25) is 4.79 Å². The number of rotatable bonds is 13. The lowest BCUT2D eigenvalue weighted by Crippen LogP contribution is -2.23. The molecule has 1 aromatic rings. The van der Waals surface area contributed by atoms with Gasteiger partial charge in [-0.2, -0.15) is 0 Å². The number of hydrogen-bond donors (Lipinski definition) is 0. The average molecular weight is 510 g/mol. The molecule has 0 heterocycles. The van der Waals surface area contributed by atoms with E-state index >= 15 is 0 Å². The highest BCUT2D eigenvalue weighted by atomic mass is 79.9. The molecule has 0 aromatic heterocycles. The van der Waals surface area contributed by atoms with Crippen LogP contribution in [0.5, 0.6) is 5.75 Å². The maximum atomic E-state index is 11.5. The van der Waals surface area contributed by atoms with Crippen molar-refractivity contribution in [1.82, 2.24) is 0 Å². The van der Waals surface area contributed by atoms with Gasteiger partial charge < -0.3 is 18.9 Å². The Hall–Kier alpha value is -0.630. The van der Waals surface area contributed by atoms with E-state index in [1.807, 2.05) is 32.9 Å². The minimum Gasteiger partial charge on any atom is -0.491 e. The summed E-state index contributed by atoms with van der Waals surface area (Å²) in [5.74, 6) is 0.662. The normalized spacial score (nSPS) is 11.4. The van der Waals surface area contributed by atoms with Crippen molar-refractivity contribution in [2.75, 3.05) is 33.0 Å². The van der Waals surface area contributed by atoms with Crippen LogP contribution in [0.15, 0.2) is 18.2 Å². The van der Waals surface area contributed by atoms with Crippen molar-refractivity contribution in [2.45, 2.75) is 49.9 Å². The number of halogens is 2. The SMILES string of the molecule is CC(C)(C)OC(=O)CCCOCCOCCOc1cc(CBr)cc(CBr)c1. The molecule has 0 saturated heterocycles. The molecule has 1 rings (SSSR count). The second kappa shape index (κ2) is 13.5. The monoisotopic (exact) mass is 508 g/mol. The lowest BCUT2D eigenvalue weighted by atomic mass is 10.1. The molecule has 0 N–H and O–H groups in total. The number of ether oxygens (including phenoxy) is 4. The molecule has 0 radical (unpaired) electrons. The first-order chi connectivity index (χ1) is 12.8. The Morgan fingerprint density at radius 2 is 1.44 bits per heavy atom. The zero-order chi connectivity index (χ0) is 20.1. The third-order valence-corrected chi connectivity index (χ3v) is 4.59. The van der Waals surface area contributed by atoms with Gasteiger partial charge in [0.05, 0.1) is 19.8 Å². The van der Waals surface area contributed by atoms with Crippen LogP contribution in [0.3, 0.4) is 0 Å². The van der Waals surface area contributed by atoms with Crippen molar-refractivity contribution >= 4 is 37.8 Å². The van der Waals surface area contributed by atoms with Gasteiger partial charge in [-0.15, -0.1) is 0 Å². The first-order valence-electron chi connectivity index (χ1n) is 9.09. The average Bonchev–Trinajstić information content (AvgIpc) is 2.61. The van der Waals surface area contributed by atoms with Gasteiger partial charge in [-0.25, -0.2) is 0 Å². The molecule has 0 unspecified atom stereocenters. The minimum atomic E-state index is -0.431. The quantitative estimate of drug-likeness (QED) is 0.212. The Balaban J connectivity index is 2.03. The summed E-state index contributed by atoms with van der Waals surface area (Å²) >= 11 is 6.94. The van der Waals surface area contributed by atoms with E-state index in [4.69, 9.17) is 18.9 Å². The number of hydrogen-bond acceptors (Lipinski definition) is 5. The zero-order valence-corrected chi connectivity index (χ0v) is 19.6. The lowest BCUT2D eigenvalue weighted by Gasteiger charge is -2.19. The van der Waals surface area contributed by atoms with Crippen LogP contribution in [-0.2, 0) is 29.7 Å². The number of carbonyl (C=O) groups is 1. The second-order valence-electron chi connectivity index (χ2n) is 7.02. The summed E-state index contributed by atoms with van der Waals surface area (Å²) in [5.41, 5.74) is 1.93. The smallest absolute Gasteiger partial charge is 0.306 e. The first-order valence-corrected chi connectivity index (χ1v) is 11.3. The number of esters is 1. The van der Waals surface area contributed by atoms with E-state index in [9.17, 15) is 4.79 Å². The molecule has 5 nitrogen and oxygen atoms in total. The molecule has 0 aliphatic carbocycles. The van der Waals surface area contributed by atoms with Crippen LogP contribution in [0.4, 0.5) is 0 Å². The molecular formula is C20H30Br2O5. The minimum absolute atomic E-state index is 0.188. The van der Waals surface area contributed by atoms with Crippen molar-refractivity contribution in [3.05, 3.63) is 29.3 Å². The van der Waals surface area contributed by atoms with E-state index in [0.29, 0.717) is 45.9 Å². The molecule has 0 fully saturated rings. The Bertz CT molecular complexity index is 536. The molecule has 0 saturated carbocycles. The number of carbonyl (C=O) groups excluding carboxylic acids is 1. The highest BCUT2D eigenvalue weighted by Crippen LogP contribution is 2.21. The summed E-state index contributed by atoms with van der Waals surface area (Å²) in [6.07, 6.45) is 1.02. The van der Waals surface area contributed by atoms with Crippen LogP contribution in [0, 0.1) is 0 Å².